The smallest absolute Gasteiger partial charge is 0.378 e. The first-order chi connectivity index (χ1) is 11.3. The number of hydrogen-bond donors (Lipinski definition) is 1. The average molecular weight is 369 g/mol. The Morgan fingerprint density at radius 1 is 1.16 bits per heavy atom. The zero-order chi connectivity index (χ0) is 19.2. The molecule has 1 amide bonds. The lowest BCUT2D eigenvalue weighted by molar-refractivity contribution is -0.297. The van der Waals surface area contributed by atoms with Crippen LogP contribution in [0, 0.1) is 0 Å². The number of amides is 1. The molecule has 1 heterocycles. The van der Waals surface area contributed by atoms with Crippen LogP contribution in [0.5, 0.6) is 0 Å². The van der Waals surface area contributed by atoms with Gasteiger partial charge in [-0.2, -0.15) is 36.5 Å². The number of rotatable bonds is 2. The van der Waals surface area contributed by atoms with E-state index in [1.807, 2.05) is 0 Å². The minimum Gasteiger partial charge on any atom is -0.378 e. The number of aliphatic hydroxyl groups is 1. The molecule has 25 heavy (non-hydrogen) atoms. The molecule has 1 aliphatic rings. The molecule has 0 fully saturated rings. The van der Waals surface area contributed by atoms with E-state index in [0.717, 1.165) is 12.1 Å². The zero-order valence-corrected chi connectivity index (χ0v) is 13.0. The fourth-order valence-corrected chi connectivity index (χ4v) is 2.16. The fourth-order valence-electron chi connectivity index (χ4n) is 2.16. The monoisotopic (exact) mass is 369 g/mol. The highest BCUT2D eigenvalue weighted by molar-refractivity contribution is 6.00. The maximum atomic E-state index is 13.1. The molecule has 1 aromatic rings. The van der Waals surface area contributed by atoms with Gasteiger partial charge in [-0.15, -0.1) is 0 Å². The quantitative estimate of drug-likeness (QED) is 0.816. The maximum absolute atomic E-state index is 13.1. The summed E-state index contributed by atoms with van der Waals surface area (Å²) < 4.78 is 77.5. The third-order valence-electron chi connectivity index (χ3n) is 3.59. The van der Waals surface area contributed by atoms with Gasteiger partial charge >= 0.3 is 12.4 Å². The van der Waals surface area contributed by atoms with Crippen molar-refractivity contribution in [2.24, 2.45) is 5.10 Å². The molecule has 0 aromatic heterocycles. The van der Waals surface area contributed by atoms with Crippen LogP contribution in [0.3, 0.4) is 0 Å². The predicted molar refractivity (Wildman–Crippen MR) is 76.1 cm³/mol. The average Bonchev–Trinajstić information content (AvgIpc) is 2.85. The molecule has 1 aromatic carbocycles. The summed E-state index contributed by atoms with van der Waals surface area (Å²) in [5.41, 5.74) is -5.68. The Balaban J connectivity index is 2.44. The molecule has 0 saturated carbocycles. The van der Waals surface area contributed by atoms with Crippen LogP contribution in [-0.2, 0) is 0 Å². The number of carbonyl (C=O) groups excluding carboxylic acids is 1. The molecule has 2 rings (SSSR count). The predicted octanol–water partition coefficient (Wildman–Crippen LogP) is 2.77. The summed E-state index contributed by atoms with van der Waals surface area (Å²) in [6, 6.07) is 5.06. The Morgan fingerprint density at radius 3 is 2.08 bits per heavy atom. The van der Waals surface area contributed by atoms with Crippen molar-refractivity contribution in [3.05, 3.63) is 29.8 Å². The maximum Gasteiger partial charge on any atom is 0.438 e. The summed E-state index contributed by atoms with van der Waals surface area (Å²) in [5, 5.41) is 11.9. The number of carbonyl (C=O) groups is 1. The van der Waals surface area contributed by atoms with Crippen LogP contribution >= 0.6 is 0 Å². The van der Waals surface area contributed by atoms with E-state index in [0.29, 0.717) is 5.69 Å². The van der Waals surface area contributed by atoms with Crippen LogP contribution in [0.4, 0.5) is 32.0 Å². The Hall–Kier alpha value is -2.30. The van der Waals surface area contributed by atoms with Crippen molar-refractivity contribution < 1.29 is 36.2 Å². The first kappa shape index (κ1) is 19.0. The molecule has 138 valence electrons. The van der Waals surface area contributed by atoms with E-state index in [1.165, 1.54) is 12.1 Å². The summed E-state index contributed by atoms with van der Waals surface area (Å²) >= 11 is 0. The molecule has 0 radical (unpaired) electrons. The molecule has 5 nitrogen and oxygen atoms in total. The van der Waals surface area contributed by atoms with Gasteiger partial charge in [0.25, 0.3) is 11.6 Å². The molecule has 0 spiro atoms. The summed E-state index contributed by atoms with van der Waals surface area (Å²) in [7, 11) is 3.36. The number of hydrogen-bond acceptors (Lipinski definition) is 4. The highest BCUT2D eigenvalue weighted by atomic mass is 19.4. The van der Waals surface area contributed by atoms with Crippen LogP contribution in [0.25, 0.3) is 0 Å². The summed E-state index contributed by atoms with van der Waals surface area (Å²) in [6.45, 7) is 0. The van der Waals surface area contributed by atoms with E-state index in [-0.39, 0.29) is 5.56 Å². The number of anilines is 1. The van der Waals surface area contributed by atoms with Gasteiger partial charge in [-0.3, -0.25) is 4.79 Å². The Labute approximate surface area is 138 Å². The molecule has 1 atom stereocenters. The number of hydrazone groups is 1. The second kappa shape index (κ2) is 5.90. The van der Waals surface area contributed by atoms with E-state index < -0.39 is 41.1 Å². The SMILES string of the molecule is CN(C)c1ccc(C(=O)N2N=C(C(F)(F)F)C[C@@]2(O)C(F)(F)F)cc1. The highest BCUT2D eigenvalue weighted by Crippen LogP contribution is 2.43. The lowest BCUT2D eigenvalue weighted by Crippen LogP contribution is -2.56. The minimum atomic E-state index is -5.53. The van der Waals surface area contributed by atoms with Crippen molar-refractivity contribution in [1.82, 2.24) is 5.01 Å². The topological polar surface area (TPSA) is 56.1 Å². The van der Waals surface area contributed by atoms with Crippen molar-refractivity contribution in [2.75, 3.05) is 19.0 Å². The first-order valence-corrected chi connectivity index (χ1v) is 6.83. The van der Waals surface area contributed by atoms with Crippen LogP contribution in [0.15, 0.2) is 29.4 Å². The van der Waals surface area contributed by atoms with Crippen molar-refractivity contribution in [1.29, 1.82) is 0 Å². The fraction of sp³-hybridized carbons (Fsp3) is 0.429. The van der Waals surface area contributed by atoms with Gasteiger partial charge in [0.05, 0.1) is 6.42 Å². The molecule has 1 N–H and O–H groups in total. The van der Waals surface area contributed by atoms with Crippen LogP contribution < -0.4 is 4.90 Å². The van der Waals surface area contributed by atoms with Crippen molar-refractivity contribution in [3.63, 3.8) is 0 Å². The van der Waals surface area contributed by atoms with Gasteiger partial charge < -0.3 is 10.0 Å². The van der Waals surface area contributed by atoms with Crippen LogP contribution in [0.2, 0.25) is 0 Å². The van der Waals surface area contributed by atoms with E-state index in [9.17, 15) is 36.2 Å². The molecule has 0 saturated heterocycles. The van der Waals surface area contributed by atoms with E-state index >= 15 is 0 Å². The van der Waals surface area contributed by atoms with E-state index in [4.69, 9.17) is 0 Å². The van der Waals surface area contributed by atoms with Crippen molar-refractivity contribution in [2.45, 2.75) is 24.5 Å². The third-order valence-corrected chi connectivity index (χ3v) is 3.59. The summed E-state index contributed by atoms with van der Waals surface area (Å²) in [4.78, 5) is 13.9. The van der Waals surface area contributed by atoms with Gasteiger partial charge in [-0.05, 0) is 24.3 Å². The molecule has 0 bridgehead atoms. The first-order valence-electron chi connectivity index (χ1n) is 6.83. The lowest BCUT2D eigenvalue weighted by atomic mass is 10.1. The Kier molecular flexibility index (Phi) is 4.49. The second-order valence-electron chi connectivity index (χ2n) is 5.59. The van der Waals surface area contributed by atoms with E-state index in [1.54, 1.807) is 19.0 Å². The van der Waals surface area contributed by atoms with Gasteiger partial charge in [0.15, 0.2) is 0 Å². The van der Waals surface area contributed by atoms with Gasteiger partial charge in [0.1, 0.15) is 5.71 Å². The van der Waals surface area contributed by atoms with Gasteiger partial charge in [-0.25, -0.2) is 0 Å². The third kappa shape index (κ3) is 3.41. The van der Waals surface area contributed by atoms with E-state index in [2.05, 4.69) is 5.10 Å². The van der Waals surface area contributed by atoms with Crippen molar-refractivity contribution >= 4 is 17.3 Å². The summed E-state index contributed by atoms with van der Waals surface area (Å²) in [5.74, 6) is -1.50. The standard InChI is InChI=1S/C14H13F6N3O2/c1-22(2)9-5-3-8(4-6-9)11(24)23-12(25,14(18,19)20)7-10(21-23)13(15,16)17/h3-6,25H,7H2,1-2H3/t12-/m1/s1. The molecule has 0 aliphatic carbocycles. The lowest BCUT2D eigenvalue weighted by Gasteiger charge is -2.32. The normalized spacial score (nSPS) is 21.3. The highest BCUT2D eigenvalue weighted by Gasteiger charge is 2.66. The minimum absolute atomic E-state index is 0.347. The number of nitrogens with zero attached hydrogens (tertiary/aromatic N) is 3. The Morgan fingerprint density at radius 2 is 1.68 bits per heavy atom. The second-order valence-corrected chi connectivity index (χ2v) is 5.59. The Bertz CT molecular complexity index is 696. The van der Waals surface area contributed by atoms with Gasteiger partial charge in [0.2, 0.25) is 0 Å². The largest absolute Gasteiger partial charge is 0.438 e. The molecular weight excluding hydrogens is 356 g/mol. The van der Waals surface area contributed by atoms with Gasteiger partial charge in [0, 0.05) is 25.3 Å². The number of alkyl halides is 6. The van der Waals surface area contributed by atoms with Crippen LogP contribution in [0.1, 0.15) is 16.8 Å². The zero-order valence-electron chi connectivity index (χ0n) is 13.0. The van der Waals surface area contributed by atoms with Crippen molar-refractivity contribution in [3.8, 4) is 0 Å². The molecule has 11 heteroatoms. The van der Waals surface area contributed by atoms with Gasteiger partial charge in [-0.1, -0.05) is 0 Å². The summed E-state index contributed by atoms with van der Waals surface area (Å²) in [6.07, 6.45) is -12.6. The molecular formula is C14H13F6N3O2. The molecule has 0 unspecified atom stereocenters. The molecule has 1 aliphatic heterocycles. The number of benzene rings is 1. The number of halogens is 6. The van der Waals surface area contributed by atoms with Crippen LogP contribution in [-0.4, -0.2) is 53.9 Å².